The smallest absolute Gasteiger partial charge is 0.139 e. The van der Waals surface area contributed by atoms with E-state index in [4.69, 9.17) is 4.74 Å². The molecule has 1 aromatic rings. The lowest BCUT2D eigenvalue weighted by atomic mass is 9.93. The molecule has 3 heteroatoms. The molecule has 78 valence electrons. The summed E-state index contributed by atoms with van der Waals surface area (Å²) >= 11 is 3.40. The molecular weight excluding hydrogens is 244 g/mol. The molecule has 0 aliphatic rings. The molecule has 0 spiro atoms. The quantitative estimate of drug-likeness (QED) is 0.884. The van der Waals surface area contributed by atoms with E-state index in [9.17, 15) is 5.11 Å². The largest absolute Gasteiger partial charge is 0.495 e. The third-order valence-corrected chi connectivity index (χ3v) is 2.76. The molecule has 1 aromatic carbocycles. The first kappa shape index (κ1) is 11.5. The van der Waals surface area contributed by atoms with Crippen molar-refractivity contribution < 1.29 is 9.84 Å². The first-order valence-electron chi connectivity index (χ1n) is 4.44. The predicted octanol–water partition coefficient (Wildman–Crippen LogP) is 2.99. The molecule has 0 amide bonds. The lowest BCUT2D eigenvalue weighted by molar-refractivity contribution is 0.0748. The maximum Gasteiger partial charge on any atom is 0.139 e. The van der Waals surface area contributed by atoms with Gasteiger partial charge in [0.05, 0.1) is 17.2 Å². The summed E-state index contributed by atoms with van der Waals surface area (Å²) in [5.41, 5.74) is 0.964. The van der Waals surface area contributed by atoms with E-state index in [-0.39, 0.29) is 0 Å². The number of benzene rings is 1. The third-order valence-electron chi connectivity index (χ3n) is 2.13. The summed E-state index contributed by atoms with van der Waals surface area (Å²) in [6, 6.07) is 3.88. The second-order valence-corrected chi connectivity index (χ2v) is 4.69. The number of hydrogen-bond acceptors (Lipinski definition) is 2. The molecule has 1 rings (SSSR count). The first-order valence-corrected chi connectivity index (χ1v) is 5.23. The van der Waals surface area contributed by atoms with Crippen LogP contribution in [0.4, 0.5) is 0 Å². The van der Waals surface area contributed by atoms with Gasteiger partial charge in [0.1, 0.15) is 5.75 Å². The van der Waals surface area contributed by atoms with Crippen LogP contribution in [0.3, 0.4) is 0 Å². The molecule has 2 nitrogen and oxygen atoms in total. The molecule has 0 saturated carbocycles. The van der Waals surface area contributed by atoms with Crippen LogP contribution >= 0.6 is 15.9 Å². The van der Waals surface area contributed by atoms with Gasteiger partial charge in [-0.15, -0.1) is 0 Å². The van der Waals surface area contributed by atoms with E-state index >= 15 is 0 Å². The molecule has 0 atom stereocenters. The zero-order valence-corrected chi connectivity index (χ0v) is 10.5. The van der Waals surface area contributed by atoms with Crippen LogP contribution in [0.25, 0.3) is 0 Å². The second-order valence-electron chi connectivity index (χ2n) is 3.83. The second kappa shape index (κ2) is 3.91. The van der Waals surface area contributed by atoms with Gasteiger partial charge in [-0.3, -0.25) is 0 Å². The van der Waals surface area contributed by atoms with Crippen LogP contribution in [-0.4, -0.2) is 12.2 Å². The molecule has 0 aliphatic carbocycles. The van der Waals surface area contributed by atoms with Gasteiger partial charge in [0, 0.05) is 5.56 Å². The van der Waals surface area contributed by atoms with E-state index in [2.05, 4.69) is 15.9 Å². The Bertz CT molecular complexity index is 340. The van der Waals surface area contributed by atoms with Crippen LogP contribution in [-0.2, 0) is 5.60 Å². The SMILES string of the molecule is COc1c(Br)ccc(C)c1C(C)(C)O. The highest BCUT2D eigenvalue weighted by atomic mass is 79.9. The minimum absolute atomic E-state index is 0.706. The number of halogens is 1. The summed E-state index contributed by atoms with van der Waals surface area (Å²) in [7, 11) is 1.61. The van der Waals surface area contributed by atoms with Crippen molar-refractivity contribution in [2.24, 2.45) is 0 Å². The summed E-state index contributed by atoms with van der Waals surface area (Å²) in [6.07, 6.45) is 0. The summed E-state index contributed by atoms with van der Waals surface area (Å²) in [6.45, 7) is 5.47. The van der Waals surface area contributed by atoms with Gasteiger partial charge >= 0.3 is 0 Å². The minimum Gasteiger partial charge on any atom is -0.495 e. The van der Waals surface area contributed by atoms with Gasteiger partial charge in [-0.1, -0.05) is 6.07 Å². The standard InChI is InChI=1S/C11H15BrO2/c1-7-5-6-8(12)10(14-4)9(7)11(2,3)13/h5-6,13H,1-4H3. The maximum atomic E-state index is 10.0. The van der Waals surface area contributed by atoms with E-state index in [0.29, 0.717) is 5.75 Å². The average molecular weight is 259 g/mol. The van der Waals surface area contributed by atoms with Gasteiger partial charge in [0.25, 0.3) is 0 Å². The van der Waals surface area contributed by atoms with E-state index in [0.717, 1.165) is 15.6 Å². The Morgan fingerprint density at radius 3 is 2.29 bits per heavy atom. The van der Waals surface area contributed by atoms with Crippen LogP contribution in [0.1, 0.15) is 25.0 Å². The Hall–Kier alpha value is -0.540. The summed E-state index contributed by atoms with van der Waals surface area (Å²) < 4.78 is 6.14. The molecule has 14 heavy (non-hydrogen) atoms. The van der Waals surface area contributed by atoms with Gasteiger partial charge in [-0.05, 0) is 48.3 Å². The fraction of sp³-hybridized carbons (Fsp3) is 0.455. The van der Waals surface area contributed by atoms with Crippen molar-refractivity contribution in [3.05, 3.63) is 27.7 Å². The fourth-order valence-electron chi connectivity index (χ4n) is 1.62. The zero-order chi connectivity index (χ0) is 10.9. The molecule has 0 heterocycles. The Morgan fingerprint density at radius 1 is 1.36 bits per heavy atom. The Morgan fingerprint density at radius 2 is 1.93 bits per heavy atom. The van der Waals surface area contributed by atoms with Crippen LogP contribution in [0.15, 0.2) is 16.6 Å². The van der Waals surface area contributed by atoms with Crippen LogP contribution < -0.4 is 4.74 Å². The molecule has 0 saturated heterocycles. The lowest BCUT2D eigenvalue weighted by Gasteiger charge is -2.23. The van der Waals surface area contributed by atoms with E-state index in [1.807, 2.05) is 19.1 Å². The van der Waals surface area contributed by atoms with Gasteiger partial charge in [-0.2, -0.15) is 0 Å². The van der Waals surface area contributed by atoms with Crippen molar-refractivity contribution in [2.75, 3.05) is 7.11 Å². The van der Waals surface area contributed by atoms with Gasteiger partial charge in [0.15, 0.2) is 0 Å². The molecule has 0 radical (unpaired) electrons. The van der Waals surface area contributed by atoms with E-state index in [1.165, 1.54) is 0 Å². The van der Waals surface area contributed by atoms with Crippen molar-refractivity contribution in [1.82, 2.24) is 0 Å². The normalized spacial score (nSPS) is 11.6. The Balaban J connectivity index is 3.46. The van der Waals surface area contributed by atoms with Gasteiger partial charge in [-0.25, -0.2) is 0 Å². The van der Waals surface area contributed by atoms with Crippen molar-refractivity contribution in [3.8, 4) is 5.75 Å². The molecule has 0 unspecified atom stereocenters. The van der Waals surface area contributed by atoms with Crippen molar-refractivity contribution in [3.63, 3.8) is 0 Å². The summed E-state index contributed by atoms with van der Waals surface area (Å²) in [5, 5.41) is 10.0. The summed E-state index contributed by atoms with van der Waals surface area (Å²) in [5.74, 6) is 0.706. The number of aliphatic hydroxyl groups is 1. The third kappa shape index (κ3) is 2.10. The molecule has 1 N–H and O–H groups in total. The zero-order valence-electron chi connectivity index (χ0n) is 8.89. The Kier molecular flexibility index (Phi) is 3.22. The average Bonchev–Trinajstić information content (AvgIpc) is 2.06. The number of rotatable bonds is 2. The van der Waals surface area contributed by atoms with Crippen LogP contribution in [0.2, 0.25) is 0 Å². The number of hydrogen-bond donors (Lipinski definition) is 1. The molecule has 0 aromatic heterocycles. The van der Waals surface area contributed by atoms with Crippen LogP contribution in [0.5, 0.6) is 5.75 Å². The monoisotopic (exact) mass is 258 g/mol. The highest BCUT2D eigenvalue weighted by Crippen LogP contribution is 2.37. The van der Waals surface area contributed by atoms with Crippen molar-refractivity contribution in [1.29, 1.82) is 0 Å². The van der Waals surface area contributed by atoms with Crippen LogP contribution in [0, 0.1) is 6.92 Å². The van der Waals surface area contributed by atoms with Crippen molar-refractivity contribution in [2.45, 2.75) is 26.4 Å². The predicted molar refractivity (Wildman–Crippen MR) is 60.7 cm³/mol. The fourth-order valence-corrected chi connectivity index (χ4v) is 2.11. The van der Waals surface area contributed by atoms with Gasteiger partial charge in [0.2, 0.25) is 0 Å². The van der Waals surface area contributed by atoms with E-state index < -0.39 is 5.60 Å². The number of aryl methyl sites for hydroxylation is 1. The highest BCUT2D eigenvalue weighted by Gasteiger charge is 2.24. The molecule has 0 aliphatic heterocycles. The minimum atomic E-state index is -0.890. The number of methoxy groups -OCH3 is 1. The molecular formula is C11H15BrO2. The highest BCUT2D eigenvalue weighted by molar-refractivity contribution is 9.10. The first-order chi connectivity index (χ1) is 6.38. The lowest BCUT2D eigenvalue weighted by Crippen LogP contribution is -2.18. The number of ether oxygens (including phenoxy) is 1. The van der Waals surface area contributed by atoms with Crippen molar-refractivity contribution >= 4 is 15.9 Å². The Labute approximate surface area is 93.0 Å². The molecule has 0 fully saturated rings. The maximum absolute atomic E-state index is 10.0. The van der Waals surface area contributed by atoms with E-state index in [1.54, 1.807) is 21.0 Å². The topological polar surface area (TPSA) is 29.5 Å². The summed E-state index contributed by atoms with van der Waals surface area (Å²) in [4.78, 5) is 0. The van der Waals surface area contributed by atoms with Gasteiger partial charge < -0.3 is 9.84 Å². The molecule has 0 bridgehead atoms.